The minimum Gasteiger partial charge on any atom is -0.389 e. The number of carbonyl (C=O) groups is 1. The van der Waals surface area contributed by atoms with Crippen LogP contribution in [0.25, 0.3) is 0 Å². The fourth-order valence-electron chi connectivity index (χ4n) is 2.39. The van der Waals surface area contributed by atoms with Gasteiger partial charge in [0, 0.05) is 19.2 Å². The monoisotopic (exact) mass is 279 g/mol. The van der Waals surface area contributed by atoms with Gasteiger partial charge in [0.25, 0.3) is 5.91 Å². The zero-order valence-corrected chi connectivity index (χ0v) is 13.3. The van der Waals surface area contributed by atoms with Crippen LogP contribution in [0.5, 0.6) is 0 Å². The molecule has 0 fully saturated rings. The zero-order chi connectivity index (χ0) is 15.4. The van der Waals surface area contributed by atoms with E-state index >= 15 is 0 Å². The van der Waals surface area contributed by atoms with Crippen LogP contribution in [0, 0.1) is 34.6 Å². The third-order valence-electron chi connectivity index (χ3n) is 4.08. The van der Waals surface area contributed by atoms with Crippen molar-refractivity contribution in [3.8, 4) is 0 Å². The van der Waals surface area contributed by atoms with E-state index in [-0.39, 0.29) is 19.1 Å². The molecule has 1 rings (SSSR count). The molecule has 0 radical (unpaired) electrons. The van der Waals surface area contributed by atoms with Crippen molar-refractivity contribution in [1.29, 1.82) is 0 Å². The molecule has 1 unspecified atom stereocenters. The highest BCUT2D eigenvalue weighted by Crippen LogP contribution is 2.25. The molecule has 0 spiro atoms. The molecule has 1 amide bonds. The van der Waals surface area contributed by atoms with Gasteiger partial charge in [-0.05, 0) is 62.4 Å². The number of carbonyl (C=O) groups excluding carboxylic acids is 1. The first-order valence-corrected chi connectivity index (χ1v) is 6.83. The van der Waals surface area contributed by atoms with Gasteiger partial charge in [0.15, 0.2) is 0 Å². The van der Waals surface area contributed by atoms with Gasteiger partial charge in [-0.2, -0.15) is 0 Å². The van der Waals surface area contributed by atoms with Crippen molar-refractivity contribution in [2.75, 3.05) is 20.3 Å². The van der Waals surface area contributed by atoms with Crippen LogP contribution in [0.15, 0.2) is 0 Å². The molecule has 0 aliphatic rings. The van der Waals surface area contributed by atoms with Crippen molar-refractivity contribution >= 4 is 5.91 Å². The molecular formula is C16H25NO3. The van der Waals surface area contributed by atoms with Crippen LogP contribution >= 0.6 is 0 Å². The predicted octanol–water partition coefficient (Wildman–Crippen LogP) is 1.97. The Balaban J connectivity index is 3.00. The first kappa shape index (κ1) is 16.7. The first-order chi connectivity index (χ1) is 9.31. The van der Waals surface area contributed by atoms with Crippen molar-refractivity contribution in [3.05, 3.63) is 33.4 Å². The Hall–Kier alpha value is -1.39. The van der Waals surface area contributed by atoms with E-state index in [0.29, 0.717) is 0 Å². The number of amides is 1. The lowest BCUT2D eigenvalue weighted by Crippen LogP contribution is -2.35. The molecule has 0 aromatic heterocycles. The summed E-state index contributed by atoms with van der Waals surface area (Å²) < 4.78 is 4.84. The van der Waals surface area contributed by atoms with E-state index in [4.69, 9.17) is 4.74 Å². The Bertz CT molecular complexity index is 480. The molecule has 112 valence electrons. The summed E-state index contributed by atoms with van der Waals surface area (Å²) in [6, 6.07) is 0. The lowest BCUT2D eigenvalue weighted by Gasteiger charge is -2.19. The maximum atomic E-state index is 12.3. The van der Waals surface area contributed by atoms with Gasteiger partial charge in [0.1, 0.15) is 0 Å². The van der Waals surface area contributed by atoms with E-state index in [2.05, 4.69) is 12.2 Å². The van der Waals surface area contributed by atoms with Gasteiger partial charge in [-0.1, -0.05) is 0 Å². The molecule has 0 aliphatic heterocycles. The lowest BCUT2D eigenvalue weighted by molar-refractivity contribution is 0.0609. The third-order valence-corrected chi connectivity index (χ3v) is 4.08. The Morgan fingerprint density at radius 3 is 1.95 bits per heavy atom. The molecule has 1 aromatic carbocycles. The summed E-state index contributed by atoms with van der Waals surface area (Å²) in [5.74, 6) is -0.138. The molecule has 0 heterocycles. The fraction of sp³-hybridized carbons (Fsp3) is 0.562. The number of benzene rings is 1. The number of hydrogen-bond donors (Lipinski definition) is 2. The largest absolute Gasteiger partial charge is 0.389 e. The van der Waals surface area contributed by atoms with E-state index in [1.165, 1.54) is 12.7 Å². The maximum Gasteiger partial charge on any atom is 0.251 e. The Morgan fingerprint density at radius 1 is 1.05 bits per heavy atom. The first-order valence-electron chi connectivity index (χ1n) is 6.83. The highest BCUT2D eigenvalue weighted by molar-refractivity contribution is 5.98. The topological polar surface area (TPSA) is 58.6 Å². The summed E-state index contributed by atoms with van der Waals surface area (Å²) in [6.07, 6.45) is -0.683. The van der Waals surface area contributed by atoms with Crippen LogP contribution in [0.2, 0.25) is 0 Å². The van der Waals surface area contributed by atoms with Gasteiger partial charge in [-0.25, -0.2) is 0 Å². The van der Waals surface area contributed by atoms with Gasteiger partial charge in [0.2, 0.25) is 0 Å². The SMILES string of the molecule is COCC(O)CNC(=O)c1c(C)c(C)c(C)c(C)c1C. The zero-order valence-electron chi connectivity index (χ0n) is 13.3. The van der Waals surface area contributed by atoms with Crippen LogP contribution in [0.1, 0.15) is 38.2 Å². The number of rotatable bonds is 5. The summed E-state index contributed by atoms with van der Waals surface area (Å²) in [5.41, 5.74) is 6.26. The molecule has 1 aromatic rings. The summed E-state index contributed by atoms with van der Waals surface area (Å²) in [7, 11) is 1.52. The second kappa shape index (κ2) is 6.86. The average molecular weight is 279 g/mol. The average Bonchev–Trinajstić information content (AvgIpc) is 2.41. The van der Waals surface area contributed by atoms with Crippen molar-refractivity contribution in [2.24, 2.45) is 0 Å². The minimum atomic E-state index is -0.683. The van der Waals surface area contributed by atoms with E-state index in [1.807, 2.05) is 27.7 Å². The van der Waals surface area contributed by atoms with Crippen LogP contribution in [0.4, 0.5) is 0 Å². The smallest absolute Gasteiger partial charge is 0.251 e. The maximum absolute atomic E-state index is 12.3. The molecule has 0 bridgehead atoms. The van der Waals surface area contributed by atoms with Crippen LogP contribution in [-0.2, 0) is 4.74 Å². The lowest BCUT2D eigenvalue weighted by atomic mass is 9.89. The van der Waals surface area contributed by atoms with Gasteiger partial charge in [-0.3, -0.25) is 4.79 Å². The van der Waals surface area contributed by atoms with Gasteiger partial charge in [-0.15, -0.1) is 0 Å². The quantitative estimate of drug-likeness (QED) is 0.866. The number of aliphatic hydroxyl groups is 1. The van der Waals surface area contributed by atoms with Crippen molar-refractivity contribution in [2.45, 2.75) is 40.7 Å². The molecule has 4 heteroatoms. The number of methoxy groups -OCH3 is 1. The van der Waals surface area contributed by atoms with E-state index in [0.717, 1.165) is 27.8 Å². The summed E-state index contributed by atoms with van der Waals surface area (Å²) in [5, 5.41) is 12.4. The molecule has 0 saturated carbocycles. The van der Waals surface area contributed by atoms with Crippen LogP contribution in [-0.4, -0.2) is 37.4 Å². The molecule has 4 nitrogen and oxygen atoms in total. The number of hydrogen-bond acceptors (Lipinski definition) is 3. The van der Waals surface area contributed by atoms with E-state index in [1.54, 1.807) is 0 Å². The predicted molar refractivity (Wildman–Crippen MR) is 80.3 cm³/mol. The Labute approximate surface area is 121 Å². The fourth-order valence-corrected chi connectivity index (χ4v) is 2.39. The minimum absolute atomic E-state index is 0.138. The van der Waals surface area contributed by atoms with Gasteiger partial charge in [0.05, 0.1) is 12.7 Å². The Kier molecular flexibility index (Phi) is 5.72. The Morgan fingerprint density at radius 2 is 1.50 bits per heavy atom. The third kappa shape index (κ3) is 3.38. The van der Waals surface area contributed by atoms with Crippen molar-refractivity contribution in [1.82, 2.24) is 5.32 Å². The summed E-state index contributed by atoms with van der Waals surface area (Å²) >= 11 is 0. The number of aliphatic hydroxyl groups excluding tert-OH is 1. The molecule has 0 aliphatic carbocycles. The van der Waals surface area contributed by atoms with Crippen molar-refractivity contribution in [3.63, 3.8) is 0 Å². The summed E-state index contributed by atoms with van der Waals surface area (Å²) in [6.45, 7) is 10.5. The van der Waals surface area contributed by atoms with E-state index < -0.39 is 6.10 Å². The molecule has 20 heavy (non-hydrogen) atoms. The standard InChI is InChI=1S/C16H25NO3/c1-9-10(2)12(4)15(13(5)11(9)3)16(19)17-7-14(18)8-20-6/h14,18H,7-8H2,1-6H3,(H,17,19). The van der Waals surface area contributed by atoms with Gasteiger partial charge >= 0.3 is 0 Å². The highest BCUT2D eigenvalue weighted by Gasteiger charge is 2.18. The second-order valence-corrected chi connectivity index (χ2v) is 5.32. The molecule has 1 atom stereocenters. The van der Waals surface area contributed by atoms with Crippen molar-refractivity contribution < 1.29 is 14.6 Å². The number of ether oxygens (including phenoxy) is 1. The van der Waals surface area contributed by atoms with Crippen LogP contribution < -0.4 is 5.32 Å². The number of nitrogens with one attached hydrogen (secondary N) is 1. The highest BCUT2D eigenvalue weighted by atomic mass is 16.5. The van der Waals surface area contributed by atoms with Crippen LogP contribution in [0.3, 0.4) is 0 Å². The second-order valence-electron chi connectivity index (χ2n) is 5.32. The molecule has 2 N–H and O–H groups in total. The normalized spacial score (nSPS) is 12.3. The van der Waals surface area contributed by atoms with Gasteiger partial charge < -0.3 is 15.2 Å². The molecular weight excluding hydrogens is 254 g/mol. The van der Waals surface area contributed by atoms with E-state index in [9.17, 15) is 9.90 Å². The molecule has 0 saturated heterocycles. The summed E-state index contributed by atoms with van der Waals surface area (Å²) in [4.78, 5) is 12.3.